The number of imidazole rings is 1. The standard InChI is InChI=1S/C22H17F3N2OS/c1-14-26-21-19(22(23,24)25)7-4-8-20(21)27(14)15-5-3-6-17(13-15)28-16-9-11-18(29-2)12-10-16/h3-13H,1-2H3. The van der Waals surface area contributed by atoms with Crippen LogP contribution in [0.4, 0.5) is 13.2 Å². The number of alkyl halides is 3. The average Bonchev–Trinajstić information content (AvgIpc) is 3.03. The van der Waals surface area contributed by atoms with Gasteiger partial charge in [-0.25, -0.2) is 4.98 Å². The second-order valence-electron chi connectivity index (χ2n) is 6.44. The minimum Gasteiger partial charge on any atom is -0.457 e. The van der Waals surface area contributed by atoms with Gasteiger partial charge in [0.1, 0.15) is 22.8 Å². The number of aryl methyl sites for hydroxylation is 1. The van der Waals surface area contributed by atoms with E-state index in [1.807, 2.05) is 42.7 Å². The first-order valence-electron chi connectivity index (χ1n) is 8.84. The Morgan fingerprint density at radius 2 is 1.66 bits per heavy atom. The molecule has 1 heterocycles. The zero-order valence-corrected chi connectivity index (χ0v) is 16.5. The zero-order chi connectivity index (χ0) is 20.6. The van der Waals surface area contributed by atoms with Crippen molar-refractivity contribution < 1.29 is 17.9 Å². The van der Waals surface area contributed by atoms with Crippen LogP contribution in [0.25, 0.3) is 16.7 Å². The van der Waals surface area contributed by atoms with Crippen LogP contribution in [-0.4, -0.2) is 15.8 Å². The van der Waals surface area contributed by atoms with E-state index in [9.17, 15) is 13.2 Å². The van der Waals surface area contributed by atoms with Crippen molar-refractivity contribution in [2.75, 3.05) is 6.26 Å². The third-order valence-electron chi connectivity index (χ3n) is 4.53. The van der Waals surface area contributed by atoms with Crippen LogP contribution in [-0.2, 0) is 6.18 Å². The number of hydrogen-bond donors (Lipinski definition) is 0. The van der Waals surface area contributed by atoms with E-state index in [-0.39, 0.29) is 5.52 Å². The van der Waals surface area contributed by atoms with E-state index in [0.29, 0.717) is 28.5 Å². The molecule has 0 amide bonds. The van der Waals surface area contributed by atoms with Crippen LogP contribution in [0.1, 0.15) is 11.4 Å². The second-order valence-corrected chi connectivity index (χ2v) is 7.32. The normalized spacial score (nSPS) is 11.8. The van der Waals surface area contributed by atoms with Crippen LogP contribution < -0.4 is 4.74 Å². The van der Waals surface area contributed by atoms with Crippen molar-refractivity contribution >= 4 is 22.8 Å². The van der Waals surface area contributed by atoms with E-state index in [0.717, 1.165) is 11.0 Å². The SMILES string of the molecule is CSc1ccc(Oc2cccc(-n3c(C)nc4c(C(F)(F)F)cccc43)c2)cc1. The molecule has 148 valence electrons. The van der Waals surface area contributed by atoms with Gasteiger partial charge in [0.2, 0.25) is 0 Å². The van der Waals surface area contributed by atoms with E-state index >= 15 is 0 Å². The van der Waals surface area contributed by atoms with Gasteiger partial charge in [-0.15, -0.1) is 11.8 Å². The highest BCUT2D eigenvalue weighted by molar-refractivity contribution is 7.98. The predicted molar refractivity (Wildman–Crippen MR) is 109 cm³/mol. The lowest BCUT2D eigenvalue weighted by atomic mass is 10.1. The van der Waals surface area contributed by atoms with E-state index in [1.54, 1.807) is 41.5 Å². The summed E-state index contributed by atoms with van der Waals surface area (Å²) in [5, 5.41) is 0. The minimum absolute atomic E-state index is 0.0588. The van der Waals surface area contributed by atoms with Crippen molar-refractivity contribution in [3.05, 3.63) is 78.1 Å². The molecule has 0 saturated heterocycles. The smallest absolute Gasteiger partial charge is 0.418 e. The highest BCUT2D eigenvalue weighted by Gasteiger charge is 2.34. The van der Waals surface area contributed by atoms with Gasteiger partial charge in [0.25, 0.3) is 0 Å². The maximum absolute atomic E-state index is 13.4. The summed E-state index contributed by atoms with van der Waals surface area (Å²) in [5.74, 6) is 1.75. The molecule has 3 aromatic carbocycles. The lowest BCUT2D eigenvalue weighted by molar-refractivity contribution is -0.136. The first-order valence-corrected chi connectivity index (χ1v) is 10.1. The summed E-state index contributed by atoms with van der Waals surface area (Å²) in [6.45, 7) is 1.69. The predicted octanol–water partition coefficient (Wildman–Crippen LogP) is 6.87. The fourth-order valence-corrected chi connectivity index (χ4v) is 3.64. The Morgan fingerprint density at radius 3 is 2.34 bits per heavy atom. The number of fused-ring (bicyclic) bond motifs is 1. The quantitative estimate of drug-likeness (QED) is 0.341. The molecule has 0 fully saturated rings. The lowest BCUT2D eigenvalue weighted by Crippen LogP contribution is -2.05. The Morgan fingerprint density at radius 1 is 0.931 bits per heavy atom. The largest absolute Gasteiger partial charge is 0.457 e. The number of benzene rings is 3. The Labute approximate surface area is 170 Å². The number of nitrogens with zero attached hydrogens (tertiary/aromatic N) is 2. The van der Waals surface area contributed by atoms with Crippen molar-refractivity contribution in [1.29, 1.82) is 0 Å². The fourth-order valence-electron chi connectivity index (χ4n) is 3.24. The molecule has 0 aliphatic rings. The molecule has 0 N–H and O–H groups in total. The Hall–Kier alpha value is -2.93. The van der Waals surface area contributed by atoms with Gasteiger partial charge in [-0.05, 0) is 61.7 Å². The Bertz CT molecular complexity index is 1170. The fraction of sp³-hybridized carbons (Fsp3) is 0.136. The van der Waals surface area contributed by atoms with Gasteiger partial charge >= 0.3 is 6.18 Å². The third-order valence-corrected chi connectivity index (χ3v) is 5.27. The minimum atomic E-state index is -4.46. The van der Waals surface area contributed by atoms with Crippen molar-refractivity contribution in [1.82, 2.24) is 9.55 Å². The van der Waals surface area contributed by atoms with Gasteiger partial charge in [-0.2, -0.15) is 13.2 Å². The van der Waals surface area contributed by atoms with E-state index in [2.05, 4.69) is 4.98 Å². The number of aromatic nitrogens is 2. The molecule has 0 unspecified atom stereocenters. The van der Waals surface area contributed by atoms with Gasteiger partial charge in [0, 0.05) is 11.0 Å². The number of thioether (sulfide) groups is 1. The Kier molecular flexibility index (Phi) is 5.00. The number of halogens is 3. The summed E-state index contributed by atoms with van der Waals surface area (Å²) >= 11 is 1.64. The molecular weight excluding hydrogens is 397 g/mol. The van der Waals surface area contributed by atoms with Gasteiger partial charge in [0.05, 0.1) is 16.8 Å². The molecule has 1 aromatic heterocycles. The lowest BCUT2D eigenvalue weighted by Gasteiger charge is -2.11. The van der Waals surface area contributed by atoms with Crippen LogP contribution in [0.15, 0.2) is 71.6 Å². The van der Waals surface area contributed by atoms with Crippen molar-refractivity contribution in [2.24, 2.45) is 0 Å². The van der Waals surface area contributed by atoms with Crippen LogP contribution in [0.3, 0.4) is 0 Å². The van der Waals surface area contributed by atoms with Crippen molar-refractivity contribution in [3.63, 3.8) is 0 Å². The van der Waals surface area contributed by atoms with E-state index in [4.69, 9.17) is 4.74 Å². The molecular formula is C22H17F3N2OS. The molecule has 0 aliphatic heterocycles. The number of ether oxygens (including phenoxy) is 1. The zero-order valence-electron chi connectivity index (χ0n) is 15.7. The van der Waals surface area contributed by atoms with Crippen LogP contribution >= 0.6 is 11.8 Å². The van der Waals surface area contributed by atoms with Crippen LogP contribution in [0.2, 0.25) is 0 Å². The second kappa shape index (κ2) is 7.48. The first kappa shape index (κ1) is 19.4. The molecule has 0 aliphatic carbocycles. The molecule has 4 rings (SSSR count). The number of rotatable bonds is 4. The maximum atomic E-state index is 13.4. The molecule has 0 spiro atoms. The number of hydrogen-bond acceptors (Lipinski definition) is 3. The molecule has 7 heteroatoms. The topological polar surface area (TPSA) is 27.1 Å². The highest BCUT2D eigenvalue weighted by atomic mass is 32.2. The average molecular weight is 414 g/mol. The molecule has 4 aromatic rings. The first-order chi connectivity index (χ1) is 13.9. The van der Waals surface area contributed by atoms with Gasteiger partial charge in [-0.3, -0.25) is 4.57 Å². The molecule has 3 nitrogen and oxygen atoms in total. The van der Waals surface area contributed by atoms with Crippen molar-refractivity contribution in [3.8, 4) is 17.2 Å². The van der Waals surface area contributed by atoms with Gasteiger partial charge in [-0.1, -0.05) is 12.1 Å². The summed E-state index contributed by atoms with van der Waals surface area (Å²) in [4.78, 5) is 5.32. The van der Waals surface area contributed by atoms with Gasteiger partial charge in [0.15, 0.2) is 0 Å². The molecule has 0 saturated carbocycles. The third kappa shape index (κ3) is 3.82. The van der Waals surface area contributed by atoms with Crippen LogP contribution in [0, 0.1) is 6.92 Å². The molecule has 29 heavy (non-hydrogen) atoms. The van der Waals surface area contributed by atoms with Gasteiger partial charge < -0.3 is 4.74 Å². The van der Waals surface area contributed by atoms with E-state index in [1.165, 1.54) is 6.07 Å². The summed E-state index contributed by atoms with van der Waals surface area (Å²) in [6, 6.07) is 19.0. The monoisotopic (exact) mass is 414 g/mol. The summed E-state index contributed by atoms with van der Waals surface area (Å²) in [5.41, 5.74) is 0.288. The molecule has 0 atom stereocenters. The summed E-state index contributed by atoms with van der Waals surface area (Å²) in [7, 11) is 0. The molecule has 0 radical (unpaired) electrons. The molecule has 0 bridgehead atoms. The maximum Gasteiger partial charge on any atom is 0.418 e. The highest BCUT2D eigenvalue weighted by Crippen LogP contribution is 2.36. The summed E-state index contributed by atoms with van der Waals surface area (Å²) < 4.78 is 47.7. The summed E-state index contributed by atoms with van der Waals surface area (Å²) in [6.07, 6.45) is -2.46. The Balaban J connectivity index is 1.75. The van der Waals surface area contributed by atoms with Crippen molar-refractivity contribution in [2.45, 2.75) is 18.0 Å². The van der Waals surface area contributed by atoms with Crippen LogP contribution in [0.5, 0.6) is 11.5 Å². The van der Waals surface area contributed by atoms with E-state index < -0.39 is 11.7 Å². The number of para-hydroxylation sites is 1.